The van der Waals surface area contributed by atoms with Crippen molar-refractivity contribution in [2.45, 2.75) is 9.79 Å². The molecule has 0 atom stereocenters. The second-order valence-corrected chi connectivity index (χ2v) is 8.27. The van der Waals surface area contributed by atoms with Gasteiger partial charge in [0.25, 0.3) is 19.7 Å². The van der Waals surface area contributed by atoms with Crippen LogP contribution in [0.1, 0.15) is 0 Å². The quantitative estimate of drug-likeness (QED) is 0.268. The van der Waals surface area contributed by atoms with Crippen molar-refractivity contribution in [1.29, 1.82) is 0 Å². The Morgan fingerprint density at radius 1 is 0.739 bits per heavy atom. The van der Waals surface area contributed by atoms with Gasteiger partial charge in [-0.25, -0.2) is 25.6 Å². The summed E-state index contributed by atoms with van der Waals surface area (Å²) in [5.41, 5.74) is 8.91. The van der Waals surface area contributed by atoms with Gasteiger partial charge < -0.3 is 5.53 Å². The molecule has 2 rings (SSSR count). The first-order chi connectivity index (χ1) is 10.7. The zero-order valence-corrected chi connectivity index (χ0v) is 12.9. The third kappa shape index (κ3) is 3.19. The summed E-state index contributed by atoms with van der Waals surface area (Å²) in [5, 5.41) is 0. The van der Waals surface area contributed by atoms with E-state index in [0.29, 0.717) is 0 Å². The van der Waals surface area contributed by atoms with Crippen LogP contribution in [0.25, 0.3) is 5.53 Å². The summed E-state index contributed by atoms with van der Waals surface area (Å²) in [4.78, 5) is 1.24. The molecule has 0 radical (unpaired) electrons. The lowest BCUT2D eigenvalue weighted by Crippen LogP contribution is -2.26. The molecular formula is C13H8F2N2O4S2. The van der Waals surface area contributed by atoms with Crippen molar-refractivity contribution < 1.29 is 30.4 Å². The fourth-order valence-corrected chi connectivity index (χ4v) is 5.02. The molecule has 10 heteroatoms. The number of hydrogen-bond acceptors (Lipinski definition) is 4. The van der Waals surface area contributed by atoms with Crippen molar-refractivity contribution in [3.05, 3.63) is 65.7 Å². The molecule has 0 amide bonds. The lowest BCUT2D eigenvalue weighted by Gasteiger charge is -2.02. The van der Waals surface area contributed by atoms with E-state index in [0.717, 1.165) is 48.5 Å². The zero-order valence-electron chi connectivity index (χ0n) is 11.2. The highest BCUT2D eigenvalue weighted by Crippen LogP contribution is 2.20. The molecule has 2 aromatic carbocycles. The number of benzene rings is 2. The highest BCUT2D eigenvalue weighted by Gasteiger charge is 2.43. The standard InChI is InChI=1S/C13H8F2N2O4S2/c14-9-1-5-11(6-2-9)22(18,19)13(17-16)23(20,21)12-7-3-10(15)4-8-12/h1-8H. The van der Waals surface area contributed by atoms with Crippen LogP contribution in [-0.4, -0.2) is 26.0 Å². The lowest BCUT2D eigenvalue weighted by molar-refractivity contribution is 0.00380. The number of nitrogens with zero attached hydrogens (tertiary/aromatic N) is 2. The molecule has 0 bridgehead atoms. The molecule has 0 heterocycles. The van der Waals surface area contributed by atoms with Crippen LogP contribution in [0.2, 0.25) is 0 Å². The largest absolute Gasteiger partial charge is 0.504 e. The van der Waals surface area contributed by atoms with E-state index in [4.69, 9.17) is 5.53 Å². The van der Waals surface area contributed by atoms with E-state index in [1.807, 2.05) is 0 Å². The van der Waals surface area contributed by atoms with Crippen LogP contribution in [0.5, 0.6) is 0 Å². The van der Waals surface area contributed by atoms with Gasteiger partial charge in [-0.15, -0.1) is 4.79 Å². The average molecular weight is 358 g/mol. The SMILES string of the molecule is [N-]=[N+]=C(S(=O)(=O)c1ccc(F)cc1)S(=O)(=O)c1ccc(F)cc1. The molecular weight excluding hydrogens is 350 g/mol. The molecule has 0 saturated heterocycles. The number of hydrogen-bond donors (Lipinski definition) is 0. The Kier molecular flexibility index (Phi) is 4.42. The molecule has 0 aliphatic carbocycles. The molecule has 2 aromatic rings. The summed E-state index contributed by atoms with van der Waals surface area (Å²) in [6.07, 6.45) is 0. The third-order valence-electron chi connectivity index (χ3n) is 2.79. The van der Waals surface area contributed by atoms with Crippen molar-refractivity contribution in [3.8, 4) is 0 Å². The van der Waals surface area contributed by atoms with Gasteiger partial charge in [-0.2, -0.15) is 0 Å². The van der Waals surface area contributed by atoms with E-state index in [2.05, 4.69) is 4.79 Å². The molecule has 0 aliphatic rings. The monoisotopic (exact) mass is 358 g/mol. The summed E-state index contributed by atoms with van der Waals surface area (Å²) < 4.78 is 73.4. The normalized spacial score (nSPS) is 11.7. The van der Waals surface area contributed by atoms with Gasteiger partial charge in [-0.1, -0.05) is 0 Å². The van der Waals surface area contributed by atoms with Crippen LogP contribution in [0.15, 0.2) is 58.3 Å². The van der Waals surface area contributed by atoms with Crippen molar-refractivity contribution in [1.82, 2.24) is 0 Å². The van der Waals surface area contributed by atoms with Gasteiger partial charge >= 0.3 is 4.38 Å². The third-order valence-corrected chi connectivity index (χ3v) is 6.97. The van der Waals surface area contributed by atoms with E-state index in [1.54, 1.807) is 0 Å². The molecule has 120 valence electrons. The first-order valence-corrected chi connectivity index (χ1v) is 8.89. The van der Waals surface area contributed by atoms with Crippen molar-refractivity contribution in [3.63, 3.8) is 0 Å². The van der Waals surface area contributed by atoms with Gasteiger partial charge in [-0.3, -0.25) is 0 Å². The zero-order chi connectivity index (χ0) is 17.3. The van der Waals surface area contributed by atoms with Crippen LogP contribution in [-0.2, 0) is 19.7 Å². The van der Waals surface area contributed by atoms with Gasteiger partial charge in [-0.05, 0) is 48.5 Å². The molecule has 6 nitrogen and oxygen atoms in total. The van der Waals surface area contributed by atoms with E-state index < -0.39 is 45.5 Å². The Hall–Kier alpha value is -2.42. The van der Waals surface area contributed by atoms with Crippen LogP contribution in [0.4, 0.5) is 8.78 Å². The van der Waals surface area contributed by atoms with Crippen molar-refractivity contribution in [2.24, 2.45) is 0 Å². The van der Waals surface area contributed by atoms with E-state index in [9.17, 15) is 25.6 Å². The predicted molar refractivity (Wildman–Crippen MR) is 75.8 cm³/mol. The molecule has 0 fully saturated rings. The Labute approximate surface area is 130 Å². The van der Waals surface area contributed by atoms with Gasteiger partial charge in [0.15, 0.2) is 0 Å². The van der Waals surface area contributed by atoms with Crippen LogP contribution < -0.4 is 0 Å². The lowest BCUT2D eigenvalue weighted by atomic mass is 10.4. The molecule has 0 N–H and O–H groups in total. The summed E-state index contributed by atoms with van der Waals surface area (Å²) in [7, 11) is -9.46. The maximum absolute atomic E-state index is 12.9. The van der Waals surface area contributed by atoms with Crippen molar-refractivity contribution in [2.75, 3.05) is 0 Å². The van der Waals surface area contributed by atoms with Gasteiger partial charge in [0.05, 0.1) is 9.79 Å². The fraction of sp³-hybridized carbons (Fsp3) is 0. The maximum Gasteiger partial charge on any atom is 0.504 e. The topological polar surface area (TPSA) is 105 Å². The minimum absolute atomic E-state index is 0.572. The molecule has 0 unspecified atom stereocenters. The molecule has 0 spiro atoms. The van der Waals surface area contributed by atoms with Gasteiger partial charge in [0, 0.05) is 0 Å². The first-order valence-electron chi connectivity index (χ1n) is 5.93. The fourth-order valence-electron chi connectivity index (χ4n) is 1.68. The van der Waals surface area contributed by atoms with Crippen LogP contribution in [0, 0.1) is 11.6 Å². The van der Waals surface area contributed by atoms with Crippen LogP contribution >= 0.6 is 0 Å². The highest BCUT2D eigenvalue weighted by atomic mass is 32.3. The summed E-state index contributed by atoms with van der Waals surface area (Å²) in [6.45, 7) is 0. The van der Waals surface area contributed by atoms with Crippen LogP contribution in [0.3, 0.4) is 0 Å². The Bertz CT molecular complexity index is 915. The number of rotatable bonds is 2. The number of halogens is 2. The summed E-state index contributed by atoms with van der Waals surface area (Å²) in [5.74, 6) is -1.46. The molecule has 0 saturated carbocycles. The summed E-state index contributed by atoms with van der Waals surface area (Å²) in [6, 6.07) is 6.57. The Morgan fingerprint density at radius 3 is 1.30 bits per heavy atom. The highest BCUT2D eigenvalue weighted by molar-refractivity contribution is 8.31. The molecule has 23 heavy (non-hydrogen) atoms. The molecule has 0 aromatic heterocycles. The smallest absolute Gasteiger partial charge is 0.359 e. The number of sulfone groups is 2. The Balaban J connectivity index is 2.61. The average Bonchev–Trinajstić information content (AvgIpc) is 2.48. The predicted octanol–water partition coefficient (Wildman–Crippen LogP) is 1.80. The van der Waals surface area contributed by atoms with Gasteiger partial charge in [0.2, 0.25) is 0 Å². The second-order valence-electron chi connectivity index (χ2n) is 4.28. The summed E-state index contributed by atoms with van der Waals surface area (Å²) >= 11 is 0. The van der Waals surface area contributed by atoms with E-state index >= 15 is 0 Å². The van der Waals surface area contributed by atoms with Crippen molar-refractivity contribution >= 4 is 24.1 Å². The first kappa shape index (κ1) is 16.9. The van der Waals surface area contributed by atoms with E-state index in [1.165, 1.54) is 0 Å². The minimum atomic E-state index is -4.73. The van der Waals surface area contributed by atoms with Gasteiger partial charge in [0.1, 0.15) is 11.6 Å². The molecule has 0 aliphatic heterocycles. The van der Waals surface area contributed by atoms with E-state index in [-0.39, 0.29) is 0 Å². The second kappa shape index (κ2) is 5.99. The Morgan fingerprint density at radius 2 is 1.04 bits per heavy atom. The minimum Gasteiger partial charge on any atom is -0.359 e. The maximum atomic E-state index is 12.9.